The van der Waals surface area contributed by atoms with Crippen LogP contribution in [-0.2, 0) is 12.1 Å². The SMILES string of the molecule is C=CC1C2CCCCN2C2(Cc3cccc(C)c3-c3cccc[n+]32)C1C. The lowest BCUT2D eigenvalue weighted by Gasteiger charge is -2.43. The molecule has 1 aromatic carbocycles. The van der Waals surface area contributed by atoms with E-state index in [2.05, 4.69) is 78.6 Å². The van der Waals surface area contributed by atoms with Gasteiger partial charge in [0.05, 0.1) is 12.0 Å². The Morgan fingerprint density at radius 3 is 2.92 bits per heavy atom. The van der Waals surface area contributed by atoms with Crippen molar-refractivity contribution >= 4 is 0 Å². The van der Waals surface area contributed by atoms with Gasteiger partial charge in [0.1, 0.15) is 0 Å². The second-order valence-electron chi connectivity index (χ2n) is 8.48. The lowest BCUT2D eigenvalue weighted by molar-refractivity contribution is -0.786. The predicted molar refractivity (Wildman–Crippen MR) is 106 cm³/mol. The summed E-state index contributed by atoms with van der Waals surface area (Å²) in [7, 11) is 0. The van der Waals surface area contributed by atoms with E-state index in [4.69, 9.17) is 0 Å². The Bertz CT molecular complexity index is 870. The van der Waals surface area contributed by atoms with Gasteiger partial charge in [-0.15, -0.1) is 6.58 Å². The highest BCUT2D eigenvalue weighted by molar-refractivity contribution is 5.66. The summed E-state index contributed by atoms with van der Waals surface area (Å²) < 4.78 is 2.62. The van der Waals surface area contributed by atoms with Crippen molar-refractivity contribution in [3.05, 3.63) is 66.4 Å². The Hall–Kier alpha value is -1.93. The Morgan fingerprint density at radius 2 is 2.08 bits per heavy atom. The largest absolute Gasteiger partial charge is 0.239 e. The van der Waals surface area contributed by atoms with Crippen molar-refractivity contribution in [2.75, 3.05) is 6.54 Å². The van der Waals surface area contributed by atoms with E-state index in [-0.39, 0.29) is 5.66 Å². The van der Waals surface area contributed by atoms with Gasteiger partial charge in [0.2, 0.25) is 11.4 Å². The summed E-state index contributed by atoms with van der Waals surface area (Å²) in [6.07, 6.45) is 9.67. The summed E-state index contributed by atoms with van der Waals surface area (Å²) in [4.78, 5) is 2.85. The first-order valence-electron chi connectivity index (χ1n) is 10.2. The fraction of sp³-hybridized carbons (Fsp3) is 0.458. The highest BCUT2D eigenvalue weighted by atomic mass is 15.4. The van der Waals surface area contributed by atoms with Crippen LogP contribution in [0.2, 0.25) is 0 Å². The minimum atomic E-state index is 0.0430. The summed E-state index contributed by atoms with van der Waals surface area (Å²) in [5.41, 5.74) is 5.77. The molecule has 0 bridgehead atoms. The number of benzene rings is 1. The molecule has 2 nitrogen and oxygen atoms in total. The zero-order valence-electron chi connectivity index (χ0n) is 16.0. The van der Waals surface area contributed by atoms with Gasteiger partial charge in [0.25, 0.3) is 0 Å². The molecule has 2 heteroatoms. The van der Waals surface area contributed by atoms with E-state index in [9.17, 15) is 0 Å². The number of aryl methyl sites for hydroxylation is 1. The quantitative estimate of drug-likeness (QED) is 0.546. The molecule has 2 saturated heterocycles. The molecule has 0 radical (unpaired) electrons. The number of pyridine rings is 1. The molecule has 4 unspecified atom stereocenters. The number of nitrogens with zero attached hydrogens (tertiary/aromatic N) is 2. The normalized spacial score (nSPS) is 32.8. The molecule has 134 valence electrons. The zero-order chi connectivity index (χ0) is 17.9. The van der Waals surface area contributed by atoms with Gasteiger partial charge in [-0.1, -0.05) is 37.6 Å². The lowest BCUT2D eigenvalue weighted by Crippen LogP contribution is -2.70. The molecular formula is C24H29N2+. The van der Waals surface area contributed by atoms with Crippen molar-refractivity contribution in [2.45, 2.75) is 51.2 Å². The van der Waals surface area contributed by atoms with Gasteiger partial charge in [-0.05, 0) is 37.0 Å². The Labute approximate surface area is 157 Å². The van der Waals surface area contributed by atoms with Crippen LogP contribution in [0, 0.1) is 18.8 Å². The van der Waals surface area contributed by atoms with Crippen LogP contribution >= 0.6 is 0 Å². The molecule has 2 fully saturated rings. The average molecular weight is 346 g/mol. The van der Waals surface area contributed by atoms with Gasteiger partial charge in [0.15, 0.2) is 6.20 Å². The second kappa shape index (κ2) is 5.79. The van der Waals surface area contributed by atoms with Crippen molar-refractivity contribution in [1.82, 2.24) is 4.90 Å². The fourth-order valence-electron chi connectivity index (χ4n) is 6.32. The predicted octanol–water partition coefficient (Wildman–Crippen LogP) is 4.46. The number of hydrogen-bond donors (Lipinski definition) is 0. The van der Waals surface area contributed by atoms with E-state index in [0.717, 1.165) is 6.42 Å². The molecule has 2 aromatic rings. The van der Waals surface area contributed by atoms with Crippen molar-refractivity contribution in [1.29, 1.82) is 0 Å². The van der Waals surface area contributed by atoms with Crippen molar-refractivity contribution in [3.63, 3.8) is 0 Å². The smallest absolute Gasteiger partial charge is 0.232 e. The molecule has 5 rings (SSSR count). The molecule has 26 heavy (non-hydrogen) atoms. The average Bonchev–Trinajstić information content (AvgIpc) is 2.90. The van der Waals surface area contributed by atoms with E-state index < -0.39 is 0 Å². The summed E-state index contributed by atoms with van der Waals surface area (Å²) in [6, 6.07) is 14.2. The third-order valence-corrected chi connectivity index (χ3v) is 7.41. The van der Waals surface area contributed by atoms with Crippen molar-refractivity contribution in [3.8, 4) is 11.3 Å². The first-order chi connectivity index (χ1) is 12.7. The van der Waals surface area contributed by atoms with Gasteiger partial charge >= 0.3 is 0 Å². The van der Waals surface area contributed by atoms with Crippen molar-refractivity contribution in [2.24, 2.45) is 11.8 Å². The molecular weight excluding hydrogens is 316 g/mol. The van der Waals surface area contributed by atoms with Gasteiger partial charge < -0.3 is 0 Å². The molecule has 1 aromatic heterocycles. The summed E-state index contributed by atoms with van der Waals surface area (Å²) in [5.74, 6) is 1.13. The minimum absolute atomic E-state index is 0.0430. The monoisotopic (exact) mass is 345 g/mol. The number of rotatable bonds is 1. The second-order valence-corrected chi connectivity index (χ2v) is 8.48. The third kappa shape index (κ3) is 1.94. The van der Waals surface area contributed by atoms with Gasteiger partial charge in [0, 0.05) is 36.6 Å². The van der Waals surface area contributed by atoms with Crippen LogP contribution in [0.3, 0.4) is 0 Å². The van der Waals surface area contributed by atoms with E-state index in [1.54, 1.807) is 0 Å². The molecule has 4 atom stereocenters. The number of fused-ring (bicyclic) bond motifs is 6. The highest BCUT2D eigenvalue weighted by Crippen LogP contribution is 2.51. The fourth-order valence-corrected chi connectivity index (χ4v) is 6.32. The number of piperidine rings is 1. The summed E-state index contributed by atoms with van der Waals surface area (Å²) in [6.45, 7) is 10.2. The van der Waals surface area contributed by atoms with Crippen LogP contribution in [-0.4, -0.2) is 17.5 Å². The molecule has 0 aliphatic carbocycles. The van der Waals surface area contributed by atoms with Crippen LogP contribution in [0.25, 0.3) is 11.3 Å². The molecule has 0 N–H and O–H groups in total. The van der Waals surface area contributed by atoms with E-state index in [1.807, 2.05) is 0 Å². The standard InChI is InChI=1S/C24H29N2/c1-4-20-18(3)24(25-14-7-5-12-21(20)25)16-19-11-9-10-17(2)23(19)22-13-6-8-15-26(22)24/h4,6,8-11,13,15,18,20-21H,1,5,7,12,14,16H2,2-3H3/q+1. The van der Waals surface area contributed by atoms with Gasteiger partial charge in [-0.3, -0.25) is 0 Å². The molecule has 0 amide bonds. The van der Waals surface area contributed by atoms with Crippen LogP contribution in [0.15, 0.2) is 55.3 Å². The van der Waals surface area contributed by atoms with E-state index >= 15 is 0 Å². The maximum atomic E-state index is 4.24. The topological polar surface area (TPSA) is 7.12 Å². The van der Waals surface area contributed by atoms with Gasteiger partial charge in [-0.25, -0.2) is 4.90 Å². The first-order valence-corrected chi connectivity index (χ1v) is 10.2. The van der Waals surface area contributed by atoms with E-state index in [0.29, 0.717) is 17.9 Å². The van der Waals surface area contributed by atoms with Crippen LogP contribution in [0.1, 0.15) is 37.3 Å². The molecule has 3 aliphatic rings. The Morgan fingerprint density at radius 1 is 1.19 bits per heavy atom. The minimum Gasteiger partial charge on any atom is -0.239 e. The van der Waals surface area contributed by atoms with Gasteiger partial charge in [-0.2, -0.15) is 4.57 Å². The first kappa shape index (κ1) is 16.3. The lowest BCUT2D eigenvalue weighted by atomic mass is 9.77. The number of hydrogen-bond acceptors (Lipinski definition) is 1. The Kier molecular flexibility index (Phi) is 3.62. The van der Waals surface area contributed by atoms with Crippen LogP contribution < -0.4 is 4.57 Å². The zero-order valence-corrected chi connectivity index (χ0v) is 16.0. The molecule has 0 saturated carbocycles. The molecule has 1 spiro atoms. The highest BCUT2D eigenvalue weighted by Gasteiger charge is 2.64. The third-order valence-electron chi connectivity index (χ3n) is 7.41. The van der Waals surface area contributed by atoms with E-state index in [1.165, 1.54) is 48.2 Å². The van der Waals surface area contributed by atoms with Crippen molar-refractivity contribution < 1.29 is 4.57 Å². The van der Waals surface area contributed by atoms with Crippen LogP contribution in [0.4, 0.5) is 0 Å². The number of aromatic nitrogens is 1. The maximum absolute atomic E-state index is 4.24. The molecule has 4 heterocycles. The summed E-state index contributed by atoms with van der Waals surface area (Å²) in [5, 5.41) is 0. The Balaban J connectivity index is 1.78. The maximum Gasteiger partial charge on any atom is 0.232 e. The molecule has 3 aliphatic heterocycles. The summed E-state index contributed by atoms with van der Waals surface area (Å²) >= 11 is 0. The van der Waals surface area contributed by atoms with Crippen LogP contribution in [0.5, 0.6) is 0 Å².